The molecule has 0 amide bonds. The molecule has 1 heterocycles. The number of hydrazine groups is 1. The lowest BCUT2D eigenvalue weighted by Gasteiger charge is -2.16. The van der Waals surface area contributed by atoms with E-state index in [2.05, 4.69) is 54.0 Å². The molecular formula is C12H22N4S. The van der Waals surface area contributed by atoms with Crippen molar-refractivity contribution in [2.45, 2.75) is 33.2 Å². The van der Waals surface area contributed by atoms with Crippen LogP contribution in [-0.4, -0.2) is 18.5 Å². The summed E-state index contributed by atoms with van der Waals surface area (Å²) in [5.41, 5.74) is 2.61. The normalized spacial score (nSPS) is 13.8. The molecule has 1 aromatic heterocycles. The minimum Gasteiger partial charge on any atom is -0.353 e. The molecule has 0 saturated heterocycles. The zero-order valence-electron chi connectivity index (χ0n) is 10.7. The topological polar surface area (TPSA) is 62.4 Å². The van der Waals surface area contributed by atoms with E-state index in [-0.39, 0.29) is 0 Å². The third-order valence-corrected chi connectivity index (χ3v) is 3.12. The summed E-state index contributed by atoms with van der Waals surface area (Å²) in [5, 5.41) is 5.38. The molecular weight excluding hydrogens is 232 g/mol. The van der Waals surface area contributed by atoms with Crippen molar-refractivity contribution >= 4 is 17.3 Å². The van der Waals surface area contributed by atoms with Gasteiger partial charge in [-0.05, 0) is 24.3 Å². The highest BCUT2D eigenvalue weighted by molar-refractivity contribution is 7.09. The Morgan fingerprint density at radius 1 is 1.47 bits per heavy atom. The van der Waals surface area contributed by atoms with Gasteiger partial charge in [-0.15, -0.1) is 11.3 Å². The molecule has 1 rings (SSSR count). The lowest BCUT2D eigenvalue weighted by molar-refractivity contribution is 0.626. The van der Waals surface area contributed by atoms with Crippen LogP contribution < -0.4 is 16.6 Å². The van der Waals surface area contributed by atoms with Crippen LogP contribution in [0.15, 0.2) is 22.5 Å². The Kier molecular flexibility index (Phi) is 6.00. The van der Waals surface area contributed by atoms with Crippen LogP contribution in [0.2, 0.25) is 0 Å². The largest absolute Gasteiger partial charge is 0.353 e. The van der Waals surface area contributed by atoms with Crippen LogP contribution in [0.3, 0.4) is 0 Å². The predicted octanol–water partition coefficient (Wildman–Crippen LogP) is 1.74. The highest BCUT2D eigenvalue weighted by Crippen LogP contribution is 2.10. The van der Waals surface area contributed by atoms with Gasteiger partial charge in [-0.3, -0.25) is 10.4 Å². The molecule has 96 valence electrons. The smallest absolute Gasteiger partial charge is 0.205 e. The number of nitrogens with zero attached hydrogens (tertiary/aromatic N) is 1. The Bertz CT molecular complexity index is 332. The van der Waals surface area contributed by atoms with Gasteiger partial charge in [0.1, 0.15) is 0 Å². The number of aliphatic imine (C=N–C) groups is 1. The highest BCUT2D eigenvalue weighted by atomic mass is 32.1. The summed E-state index contributed by atoms with van der Waals surface area (Å²) in [5.74, 6) is 6.64. The van der Waals surface area contributed by atoms with Gasteiger partial charge in [-0.25, -0.2) is 5.84 Å². The standard InChI is InChI=1S/C12H22N4S/c1-9(2)8-14-12(16-13)15-10(3)7-11-5-4-6-17-11/h4-6,9-10H,7-8,13H2,1-3H3,(H2,14,15,16). The molecule has 5 heteroatoms. The highest BCUT2D eigenvalue weighted by Gasteiger charge is 2.06. The second kappa shape index (κ2) is 7.29. The van der Waals surface area contributed by atoms with Gasteiger partial charge in [0.15, 0.2) is 0 Å². The maximum atomic E-state index is 5.44. The van der Waals surface area contributed by atoms with Crippen LogP contribution in [0.1, 0.15) is 25.6 Å². The average Bonchev–Trinajstić information content (AvgIpc) is 2.76. The first kappa shape index (κ1) is 14.0. The van der Waals surface area contributed by atoms with E-state index in [4.69, 9.17) is 5.84 Å². The van der Waals surface area contributed by atoms with Crippen molar-refractivity contribution in [1.29, 1.82) is 0 Å². The van der Waals surface area contributed by atoms with Crippen LogP contribution in [0.5, 0.6) is 0 Å². The van der Waals surface area contributed by atoms with Gasteiger partial charge in [0, 0.05) is 23.9 Å². The summed E-state index contributed by atoms with van der Waals surface area (Å²) in [6.45, 7) is 7.17. The van der Waals surface area contributed by atoms with Gasteiger partial charge < -0.3 is 5.32 Å². The first-order valence-electron chi connectivity index (χ1n) is 5.91. The van der Waals surface area contributed by atoms with Gasteiger partial charge in [0.25, 0.3) is 0 Å². The zero-order valence-corrected chi connectivity index (χ0v) is 11.6. The summed E-state index contributed by atoms with van der Waals surface area (Å²) < 4.78 is 0. The number of nitrogens with two attached hydrogens (primary N) is 1. The molecule has 0 bridgehead atoms. The fourth-order valence-electron chi connectivity index (χ4n) is 1.42. The maximum Gasteiger partial charge on any atom is 0.205 e. The zero-order chi connectivity index (χ0) is 12.7. The van der Waals surface area contributed by atoms with E-state index in [1.54, 1.807) is 11.3 Å². The average molecular weight is 254 g/mol. The van der Waals surface area contributed by atoms with Crippen molar-refractivity contribution in [2.75, 3.05) is 6.54 Å². The van der Waals surface area contributed by atoms with Gasteiger partial charge in [0.05, 0.1) is 0 Å². The Labute approximate surface area is 107 Å². The lowest BCUT2D eigenvalue weighted by atomic mass is 10.2. The Balaban J connectivity index is 2.42. The summed E-state index contributed by atoms with van der Waals surface area (Å²) >= 11 is 1.77. The van der Waals surface area contributed by atoms with Crippen molar-refractivity contribution in [3.05, 3.63) is 22.4 Å². The van der Waals surface area contributed by atoms with E-state index < -0.39 is 0 Å². The molecule has 4 N–H and O–H groups in total. The number of thiophene rings is 1. The second-order valence-electron chi connectivity index (χ2n) is 4.56. The van der Waals surface area contributed by atoms with Gasteiger partial charge >= 0.3 is 0 Å². The molecule has 0 aliphatic carbocycles. The molecule has 0 aliphatic rings. The fourth-order valence-corrected chi connectivity index (χ4v) is 2.26. The van der Waals surface area contributed by atoms with E-state index in [1.165, 1.54) is 4.88 Å². The molecule has 0 aromatic carbocycles. The second-order valence-corrected chi connectivity index (χ2v) is 5.59. The first-order valence-corrected chi connectivity index (χ1v) is 6.79. The maximum absolute atomic E-state index is 5.44. The lowest BCUT2D eigenvalue weighted by Crippen LogP contribution is -2.46. The first-order chi connectivity index (χ1) is 8.11. The van der Waals surface area contributed by atoms with Crippen molar-refractivity contribution in [3.63, 3.8) is 0 Å². The van der Waals surface area contributed by atoms with E-state index in [0.29, 0.717) is 17.9 Å². The third-order valence-electron chi connectivity index (χ3n) is 2.22. The monoisotopic (exact) mass is 254 g/mol. The van der Waals surface area contributed by atoms with Crippen LogP contribution in [0, 0.1) is 5.92 Å². The summed E-state index contributed by atoms with van der Waals surface area (Å²) in [4.78, 5) is 5.75. The summed E-state index contributed by atoms with van der Waals surface area (Å²) in [6, 6.07) is 4.53. The predicted molar refractivity (Wildman–Crippen MR) is 75.1 cm³/mol. The van der Waals surface area contributed by atoms with Crippen LogP contribution in [0.25, 0.3) is 0 Å². The minimum atomic E-state index is 0.315. The van der Waals surface area contributed by atoms with E-state index >= 15 is 0 Å². The van der Waals surface area contributed by atoms with E-state index in [1.807, 2.05) is 0 Å². The molecule has 0 aliphatic heterocycles. The van der Waals surface area contributed by atoms with Gasteiger partial charge in [-0.2, -0.15) is 0 Å². The number of guanidine groups is 1. The summed E-state index contributed by atoms with van der Waals surface area (Å²) in [7, 11) is 0. The molecule has 0 spiro atoms. The number of hydrogen-bond acceptors (Lipinski definition) is 3. The molecule has 4 nitrogen and oxygen atoms in total. The molecule has 17 heavy (non-hydrogen) atoms. The summed E-state index contributed by atoms with van der Waals surface area (Å²) in [6.07, 6.45) is 0.986. The Morgan fingerprint density at radius 3 is 2.76 bits per heavy atom. The van der Waals surface area contributed by atoms with Crippen LogP contribution >= 0.6 is 11.3 Å². The van der Waals surface area contributed by atoms with Crippen molar-refractivity contribution in [1.82, 2.24) is 10.7 Å². The van der Waals surface area contributed by atoms with E-state index in [0.717, 1.165) is 13.0 Å². The number of hydrogen-bond donors (Lipinski definition) is 3. The quantitative estimate of drug-likeness (QED) is 0.325. The number of rotatable bonds is 5. The molecule has 1 aromatic rings. The number of nitrogens with one attached hydrogen (secondary N) is 2. The van der Waals surface area contributed by atoms with Crippen LogP contribution in [-0.2, 0) is 6.42 Å². The minimum absolute atomic E-state index is 0.315. The Hall–Kier alpha value is -1.07. The third kappa shape index (κ3) is 5.70. The van der Waals surface area contributed by atoms with Crippen molar-refractivity contribution < 1.29 is 0 Å². The van der Waals surface area contributed by atoms with E-state index in [9.17, 15) is 0 Å². The Morgan fingerprint density at radius 2 is 2.24 bits per heavy atom. The van der Waals surface area contributed by atoms with Gasteiger partial charge in [0.2, 0.25) is 5.96 Å². The molecule has 0 saturated carbocycles. The SMILES string of the molecule is CC(C)CN=C(NN)NC(C)Cc1cccs1. The van der Waals surface area contributed by atoms with Gasteiger partial charge in [-0.1, -0.05) is 19.9 Å². The fraction of sp³-hybridized carbons (Fsp3) is 0.583. The molecule has 1 atom stereocenters. The van der Waals surface area contributed by atoms with Crippen LogP contribution in [0.4, 0.5) is 0 Å². The molecule has 0 fully saturated rings. The van der Waals surface area contributed by atoms with Crippen molar-refractivity contribution in [2.24, 2.45) is 16.8 Å². The molecule has 0 radical (unpaired) electrons. The molecule has 1 unspecified atom stereocenters. The van der Waals surface area contributed by atoms with Crippen molar-refractivity contribution in [3.8, 4) is 0 Å².